The molecule has 0 unspecified atom stereocenters. The van der Waals surface area contributed by atoms with Crippen LogP contribution in [-0.2, 0) is 17.8 Å². The van der Waals surface area contributed by atoms with E-state index in [1.54, 1.807) is 12.3 Å². The predicted molar refractivity (Wildman–Crippen MR) is 104 cm³/mol. The van der Waals surface area contributed by atoms with Gasteiger partial charge in [0.05, 0.1) is 36.6 Å². The molecule has 1 aliphatic heterocycles. The van der Waals surface area contributed by atoms with E-state index >= 15 is 0 Å². The maximum absolute atomic E-state index is 12.9. The standard InChI is InChI=1S/C20H23FN6O/c1-2-27-13-15(9-24-27)12-26-7-8-28-19(14-26)18-5-4-17(11-22-18)25-20-6-3-16(21)10-23-20/h3-6,9-11,13,19H,2,7-8,12,14H2,1H3,(H,23,25)/t19-/m0/s1. The molecule has 1 N–H and O–H groups in total. The monoisotopic (exact) mass is 382 g/mol. The number of aryl methyl sites for hydroxylation is 1. The number of morpholine rings is 1. The minimum absolute atomic E-state index is 0.0621. The fourth-order valence-electron chi connectivity index (χ4n) is 3.21. The lowest BCUT2D eigenvalue weighted by molar-refractivity contribution is -0.0349. The molecule has 0 saturated carbocycles. The summed E-state index contributed by atoms with van der Waals surface area (Å²) in [5, 5.41) is 7.45. The maximum atomic E-state index is 12.9. The molecule has 0 spiro atoms. The van der Waals surface area contributed by atoms with Gasteiger partial charge < -0.3 is 10.1 Å². The number of anilines is 2. The summed E-state index contributed by atoms with van der Waals surface area (Å²) in [6.45, 7) is 6.17. The van der Waals surface area contributed by atoms with Crippen molar-refractivity contribution in [3.8, 4) is 0 Å². The topological polar surface area (TPSA) is 68.1 Å². The van der Waals surface area contributed by atoms with Gasteiger partial charge in [0.25, 0.3) is 0 Å². The molecular formula is C20H23FN6O. The molecule has 3 aromatic heterocycles. The fraction of sp³-hybridized carbons (Fsp3) is 0.350. The zero-order chi connectivity index (χ0) is 19.3. The van der Waals surface area contributed by atoms with Crippen molar-refractivity contribution in [2.75, 3.05) is 25.0 Å². The van der Waals surface area contributed by atoms with E-state index in [0.29, 0.717) is 12.4 Å². The van der Waals surface area contributed by atoms with Gasteiger partial charge in [-0.2, -0.15) is 5.10 Å². The second-order valence-electron chi connectivity index (χ2n) is 6.76. The molecule has 0 aliphatic carbocycles. The lowest BCUT2D eigenvalue weighted by atomic mass is 10.1. The first-order valence-electron chi connectivity index (χ1n) is 9.39. The van der Waals surface area contributed by atoms with Crippen LogP contribution in [0, 0.1) is 5.82 Å². The lowest BCUT2D eigenvalue weighted by Gasteiger charge is -2.32. The third kappa shape index (κ3) is 4.52. The molecule has 1 atom stereocenters. The summed E-state index contributed by atoms with van der Waals surface area (Å²) in [7, 11) is 0. The molecule has 0 amide bonds. The maximum Gasteiger partial charge on any atom is 0.141 e. The van der Waals surface area contributed by atoms with Crippen molar-refractivity contribution in [3.05, 3.63) is 66.1 Å². The highest BCUT2D eigenvalue weighted by Gasteiger charge is 2.23. The van der Waals surface area contributed by atoms with Gasteiger partial charge in [0.2, 0.25) is 0 Å². The number of nitrogens with zero attached hydrogens (tertiary/aromatic N) is 5. The molecule has 1 aliphatic rings. The van der Waals surface area contributed by atoms with Crippen molar-refractivity contribution in [2.45, 2.75) is 26.1 Å². The number of aromatic nitrogens is 4. The molecule has 146 valence electrons. The molecule has 4 heterocycles. The van der Waals surface area contributed by atoms with Gasteiger partial charge in [0.15, 0.2) is 0 Å². The van der Waals surface area contributed by atoms with E-state index in [1.165, 1.54) is 17.8 Å². The van der Waals surface area contributed by atoms with E-state index in [4.69, 9.17) is 4.74 Å². The third-order valence-corrected chi connectivity index (χ3v) is 4.68. The van der Waals surface area contributed by atoms with E-state index in [1.807, 2.05) is 23.0 Å². The number of ether oxygens (including phenoxy) is 1. The number of rotatable bonds is 6. The van der Waals surface area contributed by atoms with Gasteiger partial charge in [-0.1, -0.05) is 0 Å². The summed E-state index contributed by atoms with van der Waals surface area (Å²) in [6, 6.07) is 6.84. The quantitative estimate of drug-likeness (QED) is 0.706. The highest BCUT2D eigenvalue weighted by atomic mass is 19.1. The Morgan fingerprint density at radius 2 is 2.11 bits per heavy atom. The van der Waals surface area contributed by atoms with E-state index in [-0.39, 0.29) is 11.9 Å². The second-order valence-corrected chi connectivity index (χ2v) is 6.76. The number of nitrogens with one attached hydrogen (secondary N) is 1. The van der Waals surface area contributed by atoms with E-state index < -0.39 is 0 Å². The molecule has 1 fully saturated rings. The fourth-order valence-corrected chi connectivity index (χ4v) is 3.21. The van der Waals surface area contributed by atoms with Crippen LogP contribution in [0.2, 0.25) is 0 Å². The van der Waals surface area contributed by atoms with Crippen molar-refractivity contribution >= 4 is 11.5 Å². The highest BCUT2D eigenvalue weighted by molar-refractivity contribution is 5.54. The van der Waals surface area contributed by atoms with Crippen LogP contribution >= 0.6 is 0 Å². The van der Waals surface area contributed by atoms with Crippen LogP contribution in [0.5, 0.6) is 0 Å². The first-order valence-corrected chi connectivity index (χ1v) is 9.39. The Balaban J connectivity index is 1.37. The SMILES string of the molecule is CCn1cc(CN2CCO[C@H](c3ccc(Nc4ccc(F)cn4)cn3)C2)cn1. The van der Waals surface area contributed by atoms with Crippen LogP contribution < -0.4 is 5.32 Å². The number of hydrogen-bond donors (Lipinski definition) is 1. The summed E-state index contributed by atoms with van der Waals surface area (Å²) < 4.78 is 20.8. The van der Waals surface area contributed by atoms with E-state index in [9.17, 15) is 4.39 Å². The summed E-state index contributed by atoms with van der Waals surface area (Å²) in [4.78, 5) is 10.9. The van der Waals surface area contributed by atoms with Gasteiger partial charge in [-0.05, 0) is 31.2 Å². The van der Waals surface area contributed by atoms with Crippen molar-refractivity contribution in [1.82, 2.24) is 24.6 Å². The van der Waals surface area contributed by atoms with Crippen LogP contribution in [0.1, 0.15) is 24.3 Å². The van der Waals surface area contributed by atoms with Crippen molar-refractivity contribution < 1.29 is 9.13 Å². The minimum atomic E-state index is -0.361. The zero-order valence-electron chi connectivity index (χ0n) is 15.8. The van der Waals surface area contributed by atoms with Crippen LogP contribution in [0.25, 0.3) is 0 Å². The average Bonchev–Trinajstić information content (AvgIpc) is 3.18. The molecule has 0 aromatic carbocycles. The van der Waals surface area contributed by atoms with Gasteiger partial charge in [0.1, 0.15) is 17.7 Å². The van der Waals surface area contributed by atoms with Crippen LogP contribution in [-0.4, -0.2) is 44.3 Å². The molecule has 7 nitrogen and oxygen atoms in total. The minimum Gasteiger partial charge on any atom is -0.369 e. The molecular weight excluding hydrogens is 359 g/mol. The number of pyridine rings is 2. The summed E-state index contributed by atoms with van der Waals surface area (Å²) in [5.74, 6) is 0.212. The average molecular weight is 382 g/mol. The van der Waals surface area contributed by atoms with Gasteiger partial charge >= 0.3 is 0 Å². The van der Waals surface area contributed by atoms with Gasteiger partial charge in [-0.25, -0.2) is 9.37 Å². The predicted octanol–water partition coefficient (Wildman–Crippen LogP) is 3.15. The van der Waals surface area contributed by atoms with Crippen molar-refractivity contribution in [2.24, 2.45) is 0 Å². The third-order valence-electron chi connectivity index (χ3n) is 4.68. The first kappa shape index (κ1) is 18.5. The largest absolute Gasteiger partial charge is 0.369 e. The molecule has 3 aromatic rings. The lowest BCUT2D eigenvalue weighted by Crippen LogP contribution is -2.38. The van der Waals surface area contributed by atoms with E-state index in [0.717, 1.165) is 37.6 Å². The number of hydrogen-bond acceptors (Lipinski definition) is 6. The van der Waals surface area contributed by atoms with Gasteiger partial charge in [-0.3, -0.25) is 14.6 Å². The van der Waals surface area contributed by atoms with Crippen LogP contribution in [0.4, 0.5) is 15.9 Å². The Bertz CT molecular complexity index is 896. The highest BCUT2D eigenvalue weighted by Crippen LogP contribution is 2.23. The molecule has 0 radical (unpaired) electrons. The Morgan fingerprint density at radius 3 is 2.82 bits per heavy atom. The van der Waals surface area contributed by atoms with Crippen LogP contribution in [0.3, 0.4) is 0 Å². The normalized spacial score (nSPS) is 17.6. The second kappa shape index (κ2) is 8.45. The molecule has 28 heavy (non-hydrogen) atoms. The Hall–Kier alpha value is -2.84. The first-order chi connectivity index (χ1) is 13.7. The van der Waals surface area contributed by atoms with Gasteiger partial charge in [0, 0.05) is 37.9 Å². The summed E-state index contributed by atoms with van der Waals surface area (Å²) in [5.41, 5.74) is 2.90. The summed E-state index contributed by atoms with van der Waals surface area (Å²) in [6.07, 6.45) is 6.88. The van der Waals surface area contributed by atoms with Gasteiger partial charge in [-0.15, -0.1) is 0 Å². The smallest absolute Gasteiger partial charge is 0.141 e. The van der Waals surface area contributed by atoms with Crippen molar-refractivity contribution in [3.63, 3.8) is 0 Å². The Labute approximate surface area is 163 Å². The number of halogens is 1. The molecule has 8 heteroatoms. The molecule has 4 rings (SSSR count). The van der Waals surface area contributed by atoms with Crippen LogP contribution in [0.15, 0.2) is 49.1 Å². The van der Waals surface area contributed by atoms with E-state index in [2.05, 4.69) is 38.4 Å². The molecule has 0 bridgehead atoms. The Kier molecular flexibility index (Phi) is 5.59. The Morgan fingerprint density at radius 1 is 1.18 bits per heavy atom. The summed E-state index contributed by atoms with van der Waals surface area (Å²) >= 11 is 0. The van der Waals surface area contributed by atoms with Crippen molar-refractivity contribution in [1.29, 1.82) is 0 Å². The molecule has 1 saturated heterocycles. The zero-order valence-corrected chi connectivity index (χ0v) is 15.8.